The zero-order valence-electron chi connectivity index (χ0n) is 14.4. The SMILES string of the molecule is Cl.NCc1ccc(C(=O)Nc2ccc(C(=O)O)c(-c3ccccc3)c2)cc1. The lowest BCUT2D eigenvalue weighted by Gasteiger charge is -2.11. The highest BCUT2D eigenvalue weighted by atomic mass is 35.5. The molecule has 5 nitrogen and oxygen atoms in total. The van der Waals surface area contributed by atoms with Crippen LogP contribution < -0.4 is 11.1 Å². The summed E-state index contributed by atoms with van der Waals surface area (Å²) in [6.07, 6.45) is 0. The maximum atomic E-state index is 12.4. The molecule has 0 radical (unpaired) electrons. The number of carboxylic acids is 1. The van der Waals surface area contributed by atoms with Crippen LogP contribution in [-0.4, -0.2) is 17.0 Å². The number of carbonyl (C=O) groups excluding carboxylic acids is 1. The van der Waals surface area contributed by atoms with Gasteiger partial charge in [-0.3, -0.25) is 4.79 Å². The number of halogens is 1. The lowest BCUT2D eigenvalue weighted by molar-refractivity contribution is 0.0697. The van der Waals surface area contributed by atoms with Gasteiger partial charge in [0.2, 0.25) is 0 Å². The Kier molecular flexibility index (Phi) is 6.71. The van der Waals surface area contributed by atoms with E-state index in [0.717, 1.165) is 11.1 Å². The maximum absolute atomic E-state index is 12.4. The first kappa shape index (κ1) is 20.2. The molecule has 3 rings (SSSR count). The summed E-state index contributed by atoms with van der Waals surface area (Å²) in [5.41, 5.74) is 9.04. The van der Waals surface area contributed by atoms with Crippen LogP contribution in [0.1, 0.15) is 26.3 Å². The van der Waals surface area contributed by atoms with Crippen LogP contribution in [0.5, 0.6) is 0 Å². The van der Waals surface area contributed by atoms with Crippen molar-refractivity contribution in [3.63, 3.8) is 0 Å². The molecule has 0 heterocycles. The van der Waals surface area contributed by atoms with E-state index in [-0.39, 0.29) is 23.9 Å². The van der Waals surface area contributed by atoms with Gasteiger partial charge in [-0.05, 0) is 47.0 Å². The van der Waals surface area contributed by atoms with Crippen molar-refractivity contribution in [2.24, 2.45) is 5.73 Å². The van der Waals surface area contributed by atoms with Gasteiger partial charge in [0, 0.05) is 17.8 Å². The molecule has 0 spiro atoms. The predicted molar refractivity (Wildman–Crippen MR) is 108 cm³/mol. The van der Waals surface area contributed by atoms with Crippen LogP contribution in [0.25, 0.3) is 11.1 Å². The molecular formula is C21H19ClN2O3. The highest BCUT2D eigenvalue weighted by Gasteiger charge is 2.14. The fourth-order valence-corrected chi connectivity index (χ4v) is 2.66. The van der Waals surface area contributed by atoms with Crippen molar-refractivity contribution in [2.75, 3.05) is 5.32 Å². The van der Waals surface area contributed by atoms with E-state index in [1.165, 1.54) is 6.07 Å². The van der Waals surface area contributed by atoms with Crippen molar-refractivity contribution in [1.29, 1.82) is 0 Å². The quantitative estimate of drug-likeness (QED) is 0.617. The van der Waals surface area contributed by atoms with Crippen LogP contribution in [0.15, 0.2) is 72.8 Å². The summed E-state index contributed by atoms with van der Waals surface area (Å²) < 4.78 is 0. The number of rotatable bonds is 5. The number of amides is 1. The van der Waals surface area contributed by atoms with Crippen molar-refractivity contribution >= 4 is 30.0 Å². The molecule has 0 aliphatic carbocycles. The number of anilines is 1. The van der Waals surface area contributed by atoms with E-state index < -0.39 is 5.97 Å². The summed E-state index contributed by atoms with van der Waals surface area (Å²) in [5.74, 6) is -1.28. The standard InChI is InChI=1S/C21H18N2O3.ClH/c22-13-14-6-8-16(9-7-14)20(24)23-17-10-11-18(21(25)26)19(12-17)15-4-2-1-3-5-15;/h1-12H,13,22H2,(H,23,24)(H,25,26);1H. The molecular weight excluding hydrogens is 364 g/mol. The Labute approximate surface area is 163 Å². The first-order valence-corrected chi connectivity index (χ1v) is 8.11. The van der Waals surface area contributed by atoms with Gasteiger partial charge in [0.25, 0.3) is 5.91 Å². The van der Waals surface area contributed by atoms with Gasteiger partial charge in [0.1, 0.15) is 0 Å². The van der Waals surface area contributed by atoms with Gasteiger partial charge in [-0.15, -0.1) is 12.4 Å². The summed E-state index contributed by atoms with van der Waals surface area (Å²) >= 11 is 0. The van der Waals surface area contributed by atoms with Crippen molar-refractivity contribution in [3.8, 4) is 11.1 Å². The lowest BCUT2D eigenvalue weighted by atomic mass is 9.99. The second-order valence-corrected chi connectivity index (χ2v) is 5.79. The third-order valence-electron chi connectivity index (χ3n) is 4.04. The van der Waals surface area contributed by atoms with Crippen molar-refractivity contribution in [3.05, 3.63) is 89.5 Å². The van der Waals surface area contributed by atoms with E-state index in [2.05, 4.69) is 5.32 Å². The average molecular weight is 383 g/mol. The maximum Gasteiger partial charge on any atom is 0.336 e. The lowest BCUT2D eigenvalue weighted by Crippen LogP contribution is -2.12. The number of hydrogen-bond donors (Lipinski definition) is 3. The molecule has 3 aromatic carbocycles. The number of carbonyl (C=O) groups is 2. The van der Waals surface area contributed by atoms with Gasteiger partial charge in [-0.25, -0.2) is 4.79 Å². The predicted octanol–water partition coefficient (Wildman–Crippen LogP) is 4.18. The number of carboxylic acid groups (broad SMARTS) is 1. The molecule has 138 valence electrons. The minimum absolute atomic E-state index is 0. The average Bonchev–Trinajstić information content (AvgIpc) is 2.68. The molecule has 6 heteroatoms. The molecule has 0 aliphatic heterocycles. The number of nitrogens with two attached hydrogens (primary N) is 1. The molecule has 0 atom stereocenters. The Bertz CT molecular complexity index is 941. The zero-order chi connectivity index (χ0) is 18.5. The molecule has 0 bridgehead atoms. The minimum Gasteiger partial charge on any atom is -0.478 e. The first-order chi connectivity index (χ1) is 12.6. The van der Waals surface area contributed by atoms with E-state index in [9.17, 15) is 14.7 Å². The number of nitrogens with one attached hydrogen (secondary N) is 1. The summed E-state index contributed by atoms with van der Waals surface area (Å²) in [7, 11) is 0. The number of benzene rings is 3. The molecule has 0 aromatic heterocycles. The highest BCUT2D eigenvalue weighted by Crippen LogP contribution is 2.27. The Balaban J connectivity index is 0.00000261. The molecule has 27 heavy (non-hydrogen) atoms. The van der Waals surface area contributed by atoms with Crippen LogP contribution in [0.2, 0.25) is 0 Å². The third-order valence-corrected chi connectivity index (χ3v) is 4.04. The van der Waals surface area contributed by atoms with Crippen LogP contribution in [0.4, 0.5) is 5.69 Å². The number of hydrogen-bond acceptors (Lipinski definition) is 3. The second-order valence-electron chi connectivity index (χ2n) is 5.79. The zero-order valence-corrected chi connectivity index (χ0v) is 15.2. The second kappa shape index (κ2) is 8.98. The Morgan fingerprint density at radius 3 is 2.19 bits per heavy atom. The molecule has 0 aliphatic rings. The molecule has 4 N–H and O–H groups in total. The summed E-state index contributed by atoms with van der Waals surface area (Å²) in [5, 5.41) is 12.2. The monoisotopic (exact) mass is 382 g/mol. The van der Waals surface area contributed by atoms with Crippen LogP contribution >= 0.6 is 12.4 Å². The largest absolute Gasteiger partial charge is 0.478 e. The minimum atomic E-state index is -1.01. The molecule has 0 unspecified atom stereocenters. The van der Waals surface area contributed by atoms with E-state index in [1.807, 2.05) is 30.3 Å². The molecule has 0 saturated heterocycles. The molecule has 0 fully saturated rings. The Morgan fingerprint density at radius 1 is 0.926 bits per heavy atom. The van der Waals surface area contributed by atoms with Crippen molar-refractivity contribution in [2.45, 2.75) is 6.54 Å². The topological polar surface area (TPSA) is 92.4 Å². The van der Waals surface area contributed by atoms with E-state index in [0.29, 0.717) is 23.4 Å². The summed E-state index contributed by atoms with van der Waals surface area (Å²) in [6, 6.07) is 21.0. The summed E-state index contributed by atoms with van der Waals surface area (Å²) in [4.78, 5) is 23.9. The highest BCUT2D eigenvalue weighted by molar-refractivity contribution is 6.05. The van der Waals surface area contributed by atoms with Crippen LogP contribution in [-0.2, 0) is 6.54 Å². The Hall–Kier alpha value is -3.15. The van der Waals surface area contributed by atoms with Crippen molar-refractivity contribution < 1.29 is 14.7 Å². The fourth-order valence-electron chi connectivity index (χ4n) is 2.66. The van der Waals surface area contributed by atoms with Crippen LogP contribution in [0.3, 0.4) is 0 Å². The van der Waals surface area contributed by atoms with E-state index in [1.54, 1.807) is 36.4 Å². The van der Waals surface area contributed by atoms with E-state index in [4.69, 9.17) is 5.73 Å². The van der Waals surface area contributed by atoms with E-state index >= 15 is 0 Å². The normalized spacial score (nSPS) is 9.96. The van der Waals surface area contributed by atoms with Gasteiger partial charge in [0.05, 0.1) is 5.56 Å². The molecule has 3 aromatic rings. The smallest absolute Gasteiger partial charge is 0.336 e. The van der Waals surface area contributed by atoms with Gasteiger partial charge in [-0.2, -0.15) is 0 Å². The molecule has 0 saturated carbocycles. The van der Waals surface area contributed by atoms with Gasteiger partial charge < -0.3 is 16.2 Å². The van der Waals surface area contributed by atoms with Gasteiger partial charge in [-0.1, -0.05) is 42.5 Å². The fraction of sp³-hybridized carbons (Fsp3) is 0.0476. The first-order valence-electron chi connectivity index (χ1n) is 8.11. The molecule has 1 amide bonds. The van der Waals surface area contributed by atoms with Crippen LogP contribution in [0, 0.1) is 0 Å². The number of aromatic carboxylic acids is 1. The van der Waals surface area contributed by atoms with Gasteiger partial charge >= 0.3 is 5.97 Å². The van der Waals surface area contributed by atoms with Gasteiger partial charge in [0.15, 0.2) is 0 Å². The van der Waals surface area contributed by atoms with Crippen molar-refractivity contribution in [1.82, 2.24) is 0 Å². The summed E-state index contributed by atoms with van der Waals surface area (Å²) in [6.45, 7) is 0.416. The Morgan fingerprint density at radius 2 is 1.59 bits per heavy atom. The third kappa shape index (κ3) is 4.73.